The van der Waals surface area contributed by atoms with E-state index < -0.39 is 4.70 Å². The Balaban J connectivity index is 0.000000261. The summed E-state index contributed by atoms with van der Waals surface area (Å²) in [6.07, 6.45) is 0. The van der Waals surface area contributed by atoms with Crippen molar-refractivity contribution in [2.75, 3.05) is 0 Å². The van der Waals surface area contributed by atoms with Crippen molar-refractivity contribution in [1.29, 1.82) is 0 Å². The highest BCUT2D eigenvalue weighted by Gasteiger charge is 1.89. The first-order valence-electron chi connectivity index (χ1n) is 2.79. The van der Waals surface area contributed by atoms with E-state index >= 15 is 0 Å². The van der Waals surface area contributed by atoms with Gasteiger partial charge in [0.1, 0.15) is 0 Å². The summed E-state index contributed by atoms with van der Waals surface area (Å²) >= 11 is 20.0. The van der Waals surface area contributed by atoms with Gasteiger partial charge in [0.2, 0.25) is 0 Å². The summed E-state index contributed by atoms with van der Waals surface area (Å²) in [5, 5.41) is 1.21. The molecule has 1 rings (SSSR count). The molecule has 0 radical (unpaired) electrons. The molecule has 1 aromatic rings. The molecule has 0 spiro atoms. The summed E-state index contributed by atoms with van der Waals surface area (Å²) in [6.45, 7) is 0. The highest BCUT2D eigenvalue weighted by Crippen LogP contribution is 2.19. The van der Waals surface area contributed by atoms with Crippen LogP contribution in [0.25, 0.3) is 0 Å². The third-order valence-electron chi connectivity index (χ3n) is 0.824. The maximum absolute atomic E-state index is 8.98. The quantitative estimate of drug-likeness (QED) is 0.612. The van der Waals surface area contributed by atoms with Gasteiger partial charge in [0, 0.05) is 0 Å². The van der Waals surface area contributed by atoms with E-state index in [-0.39, 0.29) is 0 Å². The van der Waals surface area contributed by atoms with E-state index in [4.69, 9.17) is 28.0 Å². The molecule has 0 unspecified atom stereocenters. The lowest BCUT2D eigenvalue weighted by atomic mass is 10.4. The fraction of sp³-hybridized carbons (Fsp3) is 0. The number of hydrogen-bond acceptors (Lipinski definition) is 1. The zero-order valence-corrected chi connectivity index (χ0v) is 8.75. The molecule has 12 heavy (non-hydrogen) atoms. The second-order valence-electron chi connectivity index (χ2n) is 1.64. The van der Waals surface area contributed by atoms with E-state index in [0.29, 0.717) is 10.0 Å². The third kappa shape index (κ3) is 6.74. The normalized spacial score (nSPS) is 8.33. The van der Waals surface area contributed by atoms with Gasteiger partial charge in [-0.05, 0) is 35.3 Å². The molecule has 0 amide bonds. The smallest absolute Gasteiger partial charge is 0.262 e. The molecule has 0 aliphatic carbocycles. The van der Waals surface area contributed by atoms with E-state index in [1.807, 2.05) is 12.1 Å². The molecule has 66 valence electrons. The van der Waals surface area contributed by atoms with Gasteiger partial charge in [-0.15, -0.1) is 0 Å². The second kappa shape index (κ2) is 6.55. The minimum atomic E-state index is -0.889. The van der Waals surface area contributed by atoms with Crippen molar-refractivity contribution >= 4 is 51.1 Å². The fourth-order valence-electron chi connectivity index (χ4n) is 0.439. The van der Waals surface area contributed by atoms with Gasteiger partial charge in [-0.2, -0.15) is 0 Å². The van der Waals surface area contributed by atoms with E-state index in [1.165, 1.54) is 0 Å². The van der Waals surface area contributed by atoms with E-state index in [0.717, 1.165) is 0 Å². The average molecular weight is 246 g/mol. The first-order valence-corrected chi connectivity index (χ1v) is 4.30. The molecule has 0 aliphatic heterocycles. The molecular formula is C7H4Cl4O. The highest BCUT2D eigenvalue weighted by molar-refractivity contribution is 6.93. The topological polar surface area (TPSA) is 17.1 Å². The molecule has 0 fully saturated rings. The Kier molecular flexibility index (Phi) is 6.58. The number of benzene rings is 1. The molecule has 0 aromatic heterocycles. The molecule has 0 saturated heterocycles. The summed E-state index contributed by atoms with van der Waals surface area (Å²) in [6, 6.07) is 7.19. The molecule has 1 aromatic carbocycles. The molecule has 0 bridgehead atoms. The molecule has 0 heterocycles. The zero-order chi connectivity index (χ0) is 9.56. The number of carbonyl (C=O) groups is 1. The Morgan fingerprint density at radius 2 is 1.25 bits per heavy atom. The molecule has 0 N–H and O–H groups in total. The van der Waals surface area contributed by atoms with Crippen LogP contribution < -0.4 is 0 Å². The van der Waals surface area contributed by atoms with Gasteiger partial charge >= 0.3 is 4.70 Å². The van der Waals surface area contributed by atoms with Gasteiger partial charge < -0.3 is 0 Å². The number of halogens is 4. The van der Waals surface area contributed by atoms with Gasteiger partial charge in [-0.1, -0.05) is 35.3 Å². The maximum atomic E-state index is 8.98. The predicted molar refractivity (Wildman–Crippen MR) is 53.6 cm³/mol. The van der Waals surface area contributed by atoms with Crippen LogP contribution in [-0.2, 0) is 0 Å². The Hall–Kier alpha value is 0.0500. The number of carbonyl (C=O) groups excluding carboxylic acids is 1. The van der Waals surface area contributed by atoms with Crippen molar-refractivity contribution in [3.05, 3.63) is 34.3 Å². The lowest BCUT2D eigenvalue weighted by Gasteiger charge is -1.88. The molecular weight excluding hydrogens is 242 g/mol. The van der Waals surface area contributed by atoms with Crippen LogP contribution in [0.15, 0.2) is 24.3 Å². The molecule has 0 aliphatic rings. The average Bonchev–Trinajstić information content (AvgIpc) is 1.94. The highest BCUT2D eigenvalue weighted by atomic mass is 35.5. The van der Waals surface area contributed by atoms with Crippen molar-refractivity contribution in [2.45, 2.75) is 0 Å². The van der Waals surface area contributed by atoms with Crippen molar-refractivity contribution < 1.29 is 4.79 Å². The van der Waals surface area contributed by atoms with Crippen LogP contribution >= 0.6 is 46.4 Å². The van der Waals surface area contributed by atoms with Gasteiger partial charge in [-0.25, -0.2) is 0 Å². The standard InChI is InChI=1S/C6H4Cl2.CCl2O/c7-5-3-1-2-4-6(5)8;2-1(3)4/h1-4H;. The van der Waals surface area contributed by atoms with Crippen LogP contribution in [0.4, 0.5) is 4.79 Å². The second-order valence-corrected chi connectivity index (χ2v) is 3.33. The Labute approximate surface area is 90.2 Å². The number of hydrogen-bond donors (Lipinski definition) is 0. The number of rotatable bonds is 0. The molecule has 1 nitrogen and oxygen atoms in total. The van der Waals surface area contributed by atoms with Crippen molar-refractivity contribution in [3.63, 3.8) is 0 Å². The third-order valence-corrected chi connectivity index (χ3v) is 1.58. The summed E-state index contributed by atoms with van der Waals surface area (Å²) < 4.78 is -0.889. The van der Waals surface area contributed by atoms with Crippen molar-refractivity contribution in [1.82, 2.24) is 0 Å². The fourth-order valence-corrected chi connectivity index (χ4v) is 0.711. The Bertz CT molecular complexity index is 236. The molecule has 0 saturated carbocycles. The first kappa shape index (κ1) is 12.0. The van der Waals surface area contributed by atoms with E-state index in [1.54, 1.807) is 12.1 Å². The van der Waals surface area contributed by atoms with Gasteiger partial charge in [0.15, 0.2) is 0 Å². The van der Waals surface area contributed by atoms with Crippen molar-refractivity contribution in [2.24, 2.45) is 0 Å². The summed E-state index contributed by atoms with van der Waals surface area (Å²) in [4.78, 5) is 8.98. The van der Waals surface area contributed by atoms with Crippen molar-refractivity contribution in [3.8, 4) is 0 Å². The van der Waals surface area contributed by atoms with Crippen LogP contribution in [0.5, 0.6) is 0 Å². The van der Waals surface area contributed by atoms with Crippen LogP contribution in [0.2, 0.25) is 10.0 Å². The summed E-state index contributed by atoms with van der Waals surface area (Å²) in [7, 11) is 0. The lowest BCUT2D eigenvalue weighted by Crippen LogP contribution is -1.62. The van der Waals surface area contributed by atoms with Gasteiger partial charge in [0.05, 0.1) is 10.0 Å². The first-order chi connectivity index (χ1) is 5.54. The van der Waals surface area contributed by atoms with Crippen LogP contribution in [0.1, 0.15) is 0 Å². The SMILES string of the molecule is Clc1ccccc1Cl.O=C(Cl)Cl. The largest absolute Gasteiger partial charge is 0.313 e. The molecule has 0 atom stereocenters. The van der Waals surface area contributed by atoms with Crippen LogP contribution in [0, 0.1) is 0 Å². The zero-order valence-electron chi connectivity index (χ0n) is 5.73. The van der Waals surface area contributed by atoms with Gasteiger partial charge in [-0.3, -0.25) is 4.79 Å². The minimum absolute atomic E-state index is 0.606. The monoisotopic (exact) mass is 244 g/mol. The Morgan fingerprint density at radius 3 is 1.42 bits per heavy atom. The predicted octanol–water partition coefficient (Wildman–Crippen LogP) is 4.58. The summed E-state index contributed by atoms with van der Waals surface area (Å²) in [5.74, 6) is 0. The lowest BCUT2D eigenvalue weighted by molar-refractivity contribution is 0.275. The van der Waals surface area contributed by atoms with Gasteiger partial charge in [0.25, 0.3) is 0 Å². The van der Waals surface area contributed by atoms with Crippen LogP contribution in [-0.4, -0.2) is 4.70 Å². The van der Waals surface area contributed by atoms with E-state index in [9.17, 15) is 0 Å². The summed E-state index contributed by atoms with van der Waals surface area (Å²) in [5.41, 5.74) is 0. The van der Waals surface area contributed by atoms with E-state index in [2.05, 4.69) is 23.2 Å². The Morgan fingerprint density at radius 1 is 1.00 bits per heavy atom. The molecule has 5 heteroatoms. The minimum Gasteiger partial charge on any atom is -0.262 e. The maximum Gasteiger partial charge on any atom is 0.313 e. The van der Waals surface area contributed by atoms with Crippen LogP contribution in [0.3, 0.4) is 0 Å².